The lowest BCUT2D eigenvalue weighted by molar-refractivity contribution is 0.317. The lowest BCUT2D eigenvalue weighted by atomic mass is 10.1. The molecule has 2 nitrogen and oxygen atoms in total. The van der Waals surface area contributed by atoms with Gasteiger partial charge in [0.25, 0.3) is 0 Å². The number of nitrogens with one attached hydrogen (secondary N) is 1. The molecule has 0 saturated heterocycles. The highest BCUT2D eigenvalue weighted by atomic mass is 79.9. The quantitative estimate of drug-likeness (QED) is 0.820. The van der Waals surface area contributed by atoms with Crippen molar-refractivity contribution in [3.63, 3.8) is 0 Å². The molecule has 0 amide bonds. The summed E-state index contributed by atoms with van der Waals surface area (Å²) in [5, 5.41) is 3.37. The van der Waals surface area contributed by atoms with Crippen LogP contribution in [0.2, 0.25) is 0 Å². The van der Waals surface area contributed by atoms with Crippen LogP contribution in [0.5, 0.6) is 5.75 Å². The summed E-state index contributed by atoms with van der Waals surface area (Å²) in [7, 11) is 0. The third-order valence-electron chi connectivity index (χ3n) is 2.45. The second-order valence-electron chi connectivity index (χ2n) is 4.04. The number of benzene rings is 1. The molecule has 0 radical (unpaired) electrons. The summed E-state index contributed by atoms with van der Waals surface area (Å²) in [6.07, 6.45) is 1.03. The van der Waals surface area contributed by atoms with Crippen LogP contribution in [0.3, 0.4) is 0 Å². The number of rotatable bonds is 7. The van der Waals surface area contributed by atoms with E-state index in [4.69, 9.17) is 4.74 Å². The first-order valence-corrected chi connectivity index (χ1v) is 6.72. The zero-order chi connectivity index (χ0) is 12.7. The standard InChI is InChI=1S/C14H20BrNO/c1-4-9-17-14-7-5-13(6-8-14)12(3)16-10-11(2)15/h5-8,12,16H,2,4,9-10H2,1,3H3. The average molecular weight is 298 g/mol. The Morgan fingerprint density at radius 2 is 2.06 bits per heavy atom. The smallest absolute Gasteiger partial charge is 0.119 e. The Labute approximate surface area is 112 Å². The van der Waals surface area contributed by atoms with E-state index in [1.54, 1.807) is 0 Å². The Morgan fingerprint density at radius 1 is 1.41 bits per heavy atom. The van der Waals surface area contributed by atoms with Gasteiger partial charge in [-0.15, -0.1) is 0 Å². The monoisotopic (exact) mass is 297 g/mol. The Balaban J connectivity index is 2.51. The van der Waals surface area contributed by atoms with Gasteiger partial charge in [-0.05, 0) is 31.0 Å². The minimum absolute atomic E-state index is 0.310. The van der Waals surface area contributed by atoms with Gasteiger partial charge in [0.05, 0.1) is 6.61 Å². The van der Waals surface area contributed by atoms with E-state index >= 15 is 0 Å². The van der Waals surface area contributed by atoms with Crippen molar-refractivity contribution in [3.05, 3.63) is 40.9 Å². The molecule has 0 heterocycles. The van der Waals surface area contributed by atoms with E-state index in [-0.39, 0.29) is 0 Å². The van der Waals surface area contributed by atoms with Crippen LogP contribution in [-0.4, -0.2) is 13.2 Å². The fraction of sp³-hybridized carbons (Fsp3) is 0.429. The molecule has 1 rings (SSSR count). The van der Waals surface area contributed by atoms with Gasteiger partial charge in [-0.25, -0.2) is 0 Å². The fourth-order valence-corrected chi connectivity index (χ4v) is 1.62. The Bertz CT molecular complexity index is 348. The molecule has 1 aromatic rings. The van der Waals surface area contributed by atoms with E-state index in [1.807, 2.05) is 12.1 Å². The Hall–Kier alpha value is -0.800. The molecule has 3 heteroatoms. The molecular formula is C14H20BrNO. The van der Waals surface area contributed by atoms with Gasteiger partial charge in [0, 0.05) is 17.1 Å². The van der Waals surface area contributed by atoms with Crippen molar-refractivity contribution in [2.45, 2.75) is 26.3 Å². The molecule has 0 aliphatic carbocycles. The molecule has 0 aliphatic rings. The van der Waals surface area contributed by atoms with Crippen LogP contribution in [0.15, 0.2) is 35.3 Å². The molecule has 0 fully saturated rings. The summed E-state index contributed by atoms with van der Waals surface area (Å²) in [5.74, 6) is 0.938. The number of hydrogen-bond donors (Lipinski definition) is 1. The number of ether oxygens (including phenoxy) is 1. The third-order valence-corrected chi connectivity index (χ3v) is 2.73. The normalized spacial score (nSPS) is 12.2. The van der Waals surface area contributed by atoms with Gasteiger partial charge in [-0.3, -0.25) is 0 Å². The number of halogens is 1. The van der Waals surface area contributed by atoms with Crippen molar-refractivity contribution in [1.82, 2.24) is 5.32 Å². The lowest BCUT2D eigenvalue weighted by Gasteiger charge is -2.14. The molecule has 0 aliphatic heterocycles. The maximum Gasteiger partial charge on any atom is 0.119 e. The van der Waals surface area contributed by atoms with Gasteiger partial charge in [0.2, 0.25) is 0 Å². The fourth-order valence-electron chi connectivity index (χ4n) is 1.45. The van der Waals surface area contributed by atoms with Gasteiger partial charge < -0.3 is 10.1 Å². The highest BCUT2D eigenvalue weighted by Crippen LogP contribution is 2.18. The van der Waals surface area contributed by atoms with Crippen molar-refractivity contribution in [3.8, 4) is 5.75 Å². The molecule has 1 N–H and O–H groups in total. The van der Waals surface area contributed by atoms with Crippen LogP contribution in [0.1, 0.15) is 31.9 Å². The average Bonchev–Trinajstić information content (AvgIpc) is 2.34. The van der Waals surface area contributed by atoms with Crippen molar-refractivity contribution in [2.24, 2.45) is 0 Å². The zero-order valence-corrected chi connectivity index (χ0v) is 12.1. The van der Waals surface area contributed by atoms with Crippen LogP contribution in [0.25, 0.3) is 0 Å². The van der Waals surface area contributed by atoms with E-state index < -0.39 is 0 Å². The van der Waals surface area contributed by atoms with Gasteiger partial charge in [0.1, 0.15) is 5.75 Å². The predicted octanol–water partition coefficient (Wildman–Crippen LogP) is 4.03. The summed E-state index contributed by atoms with van der Waals surface area (Å²) in [6.45, 7) is 9.59. The lowest BCUT2D eigenvalue weighted by Crippen LogP contribution is -2.19. The molecule has 94 valence electrons. The van der Waals surface area contributed by atoms with Crippen molar-refractivity contribution < 1.29 is 4.74 Å². The summed E-state index contributed by atoms with van der Waals surface area (Å²) < 4.78 is 6.51. The third kappa shape index (κ3) is 5.37. The van der Waals surface area contributed by atoms with Crippen LogP contribution < -0.4 is 10.1 Å². The zero-order valence-electron chi connectivity index (χ0n) is 10.5. The molecule has 0 aromatic heterocycles. The highest BCUT2D eigenvalue weighted by Gasteiger charge is 2.04. The summed E-state index contributed by atoms with van der Waals surface area (Å²) in [5.41, 5.74) is 1.25. The minimum atomic E-state index is 0.310. The van der Waals surface area contributed by atoms with Crippen LogP contribution in [0, 0.1) is 0 Å². The maximum absolute atomic E-state index is 5.55. The Morgan fingerprint density at radius 3 is 2.59 bits per heavy atom. The van der Waals surface area contributed by atoms with Crippen LogP contribution >= 0.6 is 15.9 Å². The van der Waals surface area contributed by atoms with E-state index in [0.717, 1.165) is 29.8 Å². The van der Waals surface area contributed by atoms with Crippen LogP contribution in [0.4, 0.5) is 0 Å². The van der Waals surface area contributed by atoms with E-state index in [2.05, 4.69) is 53.8 Å². The summed E-state index contributed by atoms with van der Waals surface area (Å²) in [4.78, 5) is 0. The second kappa shape index (κ2) is 7.51. The van der Waals surface area contributed by atoms with Gasteiger partial charge in [0.15, 0.2) is 0 Å². The van der Waals surface area contributed by atoms with E-state index in [9.17, 15) is 0 Å². The number of hydrogen-bond acceptors (Lipinski definition) is 2. The molecule has 1 atom stereocenters. The van der Waals surface area contributed by atoms with Gasteiger partial charge >= 0.3 is 0 Å². The predicted molar refractivity (Wildman–Crippen MR) is 76.7 cm³/mol. The van der Waals surface area contributed by atoms with Crippen molar-refractivity contribution >= 4 is 15.9 Å². The maximum atomic E-state index is 5.55. The first-order chi connectivity index (χ1) is 8.13. The second-order valence-corrected chi connectivity index (χ2v) is 5.16. The van der Waals surface area contributed by atoms with Crippen molar-refractivity contribution in [2.75, 3.05) is 13.2 Å². The largest absolute Gasteiger partial charge is 0.494 e. The molecule has 0 saturated carbocycles. The summed E-state index contributed by atoms with van der Waals surface area (Å²) in [6, 6.07) is 8.54. The highest BCUT2D eigenvalue weighted by molar-refractivity contribution is 9.11. The Kier molecular flexibility index (Phi) is 6.30. The van der Waals surface area contributed by atoms with Crippen molar-refractivity contribution in [1.29, 1.82) is 0 Å². The van der Waals surface area contributed by atoms with E-state index in [1.165, 1.54) is 5.56 Å². The minimum Gasteiger partial charge on any atom is -0.494 e. The van der Waals surface area contributed by atoms with E-state index in [0.29, 0.717) is 6.04 Å². The van der Waals surface area contributed by atoms with Crippen LogP contribution in [-0.2, 0) is 0 Å². The molecule has 17 heavy (non-hydrogen) atoms. The molecule has 1 aromatic carbocycles. The van der Waals surface area contributed by atoms with Gasteiger partial charge in [-0.1, -0.05) is 41.6 Å². The first-order valence-electron chi connectivity index (χ1n) is 5.93. The SMILES string of the molecule is C=C(Br)CNC(C)c1ccc(OCCC)cc1. The molecular weight excluding hydrogens is 278 g/mol. The molecule has 0 spiro atoms. The van der Waals surface area contributed by atoms with Gasteiger partial charge in [-0.2, -0.15) is 0 Å². The first kappa shape index (κ1) is 14.3. The molecule has 0 bridgehead atoms. The molecule has 1 unspecified atom stereocenters. The summed E-state index contributed by atoms with van der Waals surface area (Å²) >= 11 is 3.34. The topological polar surface area (TPSA) is 21.3 Å².